The molecule has 0 aliphatic rings. The molecule has 0 saturated heterocycles. The summed E-state index contributed by atoms with van der Waals surface area (Å²) in [4.78, 5) is 3.41. The minimum atomic E-state index is 0.166. The third-order valence-corrected chi connectivity index (χ3v) is 1.15. The van der Waals surface area contributed by atoms with E-state index in [9.17, 15) is 4.53 Å². The highest BCUT2D eigenvalue weighted by Gasteiger charge is 1.90. The first-order valence-corrected chi connectivity index (χ1v) is 2.75. The summed E-state index contributed by atoms with van der Waals surface area (Å²) in [5.74, 6) is 0.166. The average Bonchev–Trinajstić information content (AvgIpc) is 1.90. The number of benzene rings is 1. The Balaban J connectivity index is 2.88. The highest BCUT2D eigenvalue weighted by Crippen LogP contribution is 2.15. The maximum absolute atomic E-state index is 11.3. The second-order valence-electron chi connectivity index (χ2n) is 1.53. The quantitative estimate of drug-likeness (QED) is 0.592. The highest BCUT2D eigenvalue weighted by atomic mass is 35.5. The van der Waals surface area contributed by atoms with Crippen LogP contribution >= 0.6 is 11.6 Å². The van der Waals surface area contributed by atoms with Crippen LogP contribution in [0.15, 0.2) is 24.3 Å². The van der Waals surface area contributed by atoms with Gasteiger partial charge in [0.2, 0.25) is 0 Å². The van der Waals surface area contributed by atoms with Crippen LogP contribution in [0.4, 0.5) is 4.53 Å². The van der Waals surface area contributed by atoms with E-state index >= 15 is 0 Å². The lowest BCUT2D eigenvalue weighted by Crippen LogP contribution is -1.72. The van der Waals surface area contributed by atoms with Crippen molar-refractivity contribution in [2.45, 2.75) is 0 Å². The van der Waals surface area contributed by atoms with Crippen molar-refractivity contribution < 1.29 is 9.47 Å². The molecule has 0 fully saturated rings. The Hall–Kier alpha value is -0.760. The summed E-state index contributed by atoms with van der Waals surface area (Å²) >= 11 is 5.49. The second kappa shape index (κ2) is 2.69. The summed E-state index contributed by atoms with van der Waals surface area (Å²) < 4.78 is 11.3. The molecule has 0 heterocycles. The Morgan fingerprint density at radius 1 is 1.22 bits per heavy atom. The average molecular weight is 147 g/mol. The SMILES string of the molecule is FOc1ccc(Cl)cc1. The molecule has 0 aliphatic heterocycles. The molecule has 9 heavy (non-hydrogen) atoms. The summed E-state index contributed by atoms with van der Waals surface area (Å²) in [6, 6.07) is 6.00. The molecule has 0 aliphatic carbocycles. The van der Waals surface area contributed by atoms with Crippen LogP contribution in [-0.2, 0) is 0 Å². The fourth-order valence-corrected chi connectivity index (χ4v) is 0.612. The van der Waals surface area contributed by atoms with Gasteiger partial charge in [0.05, 0.1) is 0 Å². The van der Waals surface area contributed by atoms with Crippen molar-refractivity contribution in [1.29, 1.82) is 0 Å². The molecular weight excluding hydrogens is 143 g/mol. The molecule has 0 spiro atoms. The van der Waals surface area contributed by atoms with Crippen molar-refractivity contribution in [1.82, 2.24) is 0 Å². The molecule has 0 aromatic heterocycles. The molecule has 1 aromatic carbocycles. The van der Waals surface area contributed by atoms with Gasteiger partial charge >= 0.3 is 0 Å². The summed E-state index contributed by atoms with van der Waals surface area (Å²) in [6.07, 6.45) is 0. The summed E-state index contributed by atoms with van der Waals surface area (Å²) in [5.41, 5.74) is 0. The Labute approximate surface area is 56.9 Å². The predicted octanol–water partition coefficient (Wildman–Crippen LogP) is 2.60. The topological polar surface area (TPSA) is 9.23 Å². The van der Waals surface area contributed by atoms with Gasteiger partial charge in [-0.15, -0.1) is 0 Å². The van der Waals surface area contributed by atoms with E-state index in [4.69, 9.17) is 11.6 Å². The minimum absolute atomic E-state index is 0.166. The van der Waals surface area contributed by atoms with Gasteiger partial charge in [0.25, 0.3) is 0 Å². The summed E-state index contributed by atoms with van der Waals surface area (Å²) in [6.45, 7) is 0. The number of halogens is 2. The molecule has 3 heteroatoms. The first-order chi connectivity index (χ1) is 4.33. The number of hydrogen-bond donors (Lipinski definition) is 0. The molecule has 0 saturated carbocycles. The van der Waals surface area contributed by atoms with E-state index in [-0.39, 0.29) is 5.75 Å². The molecule has 0 radical (unpaired) electrons. The van der Waals surface area contributed by atoms with E-state index in [0.717, 1.165) is 0 Å². The third kappa shape index (κ3) is 1.57. The zero-order valence-electron chi connectivity index (χ0n) is 4.47. The Morgan fingerprint density at radius 3 is 2.22 bits per heavy atom. The van der Waals surface area contributed by atoms with Crippen molar-refractivity contribution >= 4 is 11.6 Å². The van der Waals surface area contributed by atoms with Crippen molar-refractivity contribution in [2.24, 2.45) is 0 Å². The van der Waals surface area contributed by atoms with Crippen LogP contribution < -0.4 is 4.94 Å². The van der Waals surface area contributed by atoms with Gasteiger partial charge < -0.3 is 0 Å². The number of rotatable bonds is 1. The van der Waals surface area contributed by atoms with Crippen molar-refractivity contribution in [3.05, 3.63) is 29.3 Å². The van der Waals surface area contributed by atoms with Gasteiger partial charge in [0.15, 0.2) is 5.75 Å². The van der Waals surface area contributed by atoms with Crippen molar-refractivity contribution in [3.63, 3.8) is 0 Å². The van der Waals surface area contributed by atoms with Crippen LogP contribution in [0.1, 0.15) is 0 Å². The van der Waals surface area contributed by atoms with Gasteiger partial charge in [-0.25, -0.2) is 0 Å². The van der Waals surface area contributed by atoms with E-state index in [1.165, 1.54) is 12.1 Å². The highest BCUT2D eigenvalue weighted by molar-refractivity contribution is 6.30. The molecule has 0 bridgehead atoms. The Kier molecular flexibility index (Phi) is 1.90. The summed E-state index contributed by atoms with van der Waals surface area (Å²) in [5, 5.41) is 0.566. The smallest absolute Gasteiger partial charge is 0.171 e. The van der Waals surface area contributed by atoms with Crippen LogP contribution in [0.2, 0.25) is 5.02 Å². The Morgan fingerprint density at radius 2 is 1.78 bits per heavy atom. The third-order valence-electron chi connectivity index (χ3n) is 0.903. The van der Waals surface area contributed by atoms with Gasteiger partial charge in [-0.2, -0.15) is 0 Å². The van der Waals surface area contributed by atoms with Gasteiger partial charge in [0.1, 0.15) is 0 Å². The van der Waals surface area contributed by atoms with Gasteiger partial charge in [-0.05, 0) is 24.3 Å². The van der Waals surface area contributed by atoms with Crippen LogP contribution in [0.5, 0.6) is 5.75 Å². The van der Waals surface area contributed by atoms with Crippen molar-refractivity contribution in [3.8, 4) is 5.75 Å². The number of hydrogen-bond acceptors (Lipinski definition) is 1. The van der Waals surface area contributed by atoms with Crippen LogP contribution in [-0.4, -0.2) is 0 Å². The van der Waals surface area contributed by atoms with Crippen LogP contribution in [0, 0.1) is 0 Å². The fraction of sp³-hybridized carbons (Fsp3) is 0. The predicted molar refractivity (Wildman–Crippen MR) is 33.2 cm³/mol. The second-order valence-corrected chi connectivity index (χ2v) is 1.97. The first kappa shape index (κ1) is 6.36. The van der Waals surface area contributed by atoms with Gasteiger partial charge in [0, 0.05) is 9.55 Å². The van der Waals surface area contributed by atoms with E-state index in [1.54, 1.807) is 12.1 Å². The fourth-order valence-electron chi connectivity index (χ4n) is 0.486. The molecular formula is C6H4ClFO. The van der Waals surface area contributed by atoms with E-state index < -0.39 is 0 Å². The molecule has 1 nitrogen and oxygen atoms in total. The van der Waals surface area contributed by atoms with Crippen LogP contribution in [0.3, 0.4) is 0 Å². The zero-order chi connectivity index (χ0) is 6.69. The molecule has 1 aromatic rings. The maximum atomic E-state index is 11.3. The van der Waals surface area contributed by atoms with Gasteiger partial charge in [-0.3, -0.25) is 4.94 Å². The van der Waals surface area contributed by atoms with Crippen LogP contribution in [0.25, 0.3) is 0 Å². The Bertz CT molecular complexity index is 185. The maximum Gasteiger partial charge on any atom is 0.171 e. The standard InChI is InChI=1S/C6H4ClFO/c7-5-1-3-6(9-8)4-2-5/h1-4H. The first-order valence-electron chi connectivity index (χ1n) is 2.37. The van der Waals surface area contributed by atoms with Crippen molar-refractivity contribution in [2.75, 3.05) is 0 Å². The monoisotopic (exact) mass is 146 g/mol. The minimum Gasteiger partial charge on any atom is -0.294 e. The molecule has 0 N–H and O–H groups in total. The molecule has 1 rings (SSSR count). The van der Waals surface area contributed by atoms with E-state index in [2.05, 4.69) is 4.94 Å². The molecule has 0 atom stereocenters. The largest absolute Gasteiger partial charge is 0.294 e. The van der Waals surface area contributed by atoms with E-state index in [0.29, 0.717) is 5.02 Å². The van der Waals surface area contributed by atoms with E-state index in [1.807, 2.05) is 0 Å². The normalized spacial score (nSPS) is 9.11. The molecule has 0 amide bonds. The lowest BCUT2D eigenvalue weighted by atomic mass is 10.3. The summed E-state index contributed by atoms with van der Waals surface area (Å²) in [7, 11) is 0. The molecule has 48 valence electrons. The zero-order valence-corrected chi connectivity index (χ0v) is 5.23. The molecule has 0 unspecified atom stereocenters. The lowest BCUT2D eigenvalue weighted by Gasteiger charge is -1.90. The van der Waals surface area contributed by atoms with Gasteiger partial charge in [-0.1, -0.05) is 11.6 Å². The lowest BCUT2D eigenvalue weighted by molar-refractivity contribution is -0.00619.